The van der Waals surface area contributed by atoms with Gasteiger partial charge in [-0.15, -0.1) is 0 Å². The molecule has 80 heavy (non-hydrogen) atoms. The van der Waals surface area contributed by atoms with E-state index < -0.39 is 20.0 Å². The number of hydrogen-bond acceptors (Lipinski definition) is 5. The number of nitrogens with one attached hydrogen (secondary N) is 1. The van der Waals surface area contributed by atoms with Crippen LogP contribution in [-0.2, 0) is 18.4 Å². The maximum atomic E-state index is 13.0. The molecule has 3 atom stereocenters. The molecule has 454 valence electrons. The number of nitrogens with zero attached hydrogens (tertiary/aromatic N) is 1. The predicted octanol–water partition coefficient (Wildman–Crippen LogP) is 20.2. The molecule has 0 aromatic heterocycles. The van der Waals surface area contributed by atoms with Gasteiger partial charge in [-0.1, -0.05) is 262 Å². The van der Waals surface area contributed by atoms with Crippen molar-refractivity contribution in [1.29, 1.82) is 0 Å². The quantitative estimate of drug-likeness (QED) is 0.0243. The number of amides is 1. The minimum atomic E-state index is -4.37. The van der Waals surface area contributed by atoms with Crippen molar-refractivity contribution in [2.45, 2.75) is 244 Å². The highest BCUT2D eigenvalue weighted by atomic mass is 31.2. The van der Waals surface area contributed by atoms with Crippen LogP contribution in [0.1, 0.15) is 232 Å². The molecule has 8 nitrogen and oxygen atoms in total. The molecule has 0 heterocycles. The lowest BCUT2D eigenvalue weighted by Gasteiger charge is -2.25. The van der Waals surface area contributed by atoms with Crippen molar-refractivity contribution in [3.63, 3.8) is 0 Å². The summed E-state index contributed by atoms with van der Waals surface area (Å²) in [5.74, 6) is -0.202. The van der Waals surface area contributed by atoms with Gasteiger partial charge in [0.1, 0.15) is 13.2 Å². The monoisotopic (exact) mass is 1130 g/mol. The van der Waals surface area contributed by atoms with E-state index in [0.29, 0.717) is 17.4 Å². The smallest absolute Gasteiger partial charge is 0.387 e. The fourth-order valence-corrected chi connectivity index (χ4v) is 9.01. The average molecular weight is 1130 g/mol. The molecule has 0 aliphatic rings. The largest absolute Gasteiger partial charge is 0.472 e. The molecule has 0 spiro atoms. The Morgan fingerprint density at radius 3 is 1.15 bits per heavy atom. The van der Waals surface area contributed by atoms with Gasteiger partial charge in [0.2, 0.25) is 5.91 Å². The van der Waals surface area contributed by atoms with E-state index in [2.05, 4.69) is 165 Å². The van der Waals surface area contributed by atoms with Crippen LogP contribution >= 0.6 is 7.82 Å². The first-order valence-corrected chi connectivity index (χ1v) is 33.4. The van der Waals surface area contributed by atoms with Gasteiger partial charge < -0.3 is 19.8 Å². The van der Waals surface area contributed by atoms with E-state index in [1.54, 1.807) is 6.08 Å². The summed E-state index contributed by atoms with van der Waals surface area (Å²) < 4.78 is 23.7. The van der Waals surface area contributed by atoms with Gasteiger partial charge in [0.15, 0.2) is 0 Å². The number of rotatable bonds is 56. The number of aliphatic hydroxyl groups is 1. The van der Waals surface area contributed by atoms with Crippen LogP contribution in [-0.4, -0.2) is 73.4 Å². The van der Waals surface area contributed by atoms with Crippen LogP contribution in [0.5, 0.6) is 0 Å². The first kappa shape index (κ1) is 76.1. The zero-order valence-electron chi connectivity index (χ0n) is 51.8. The van der Waals surface area contributed by atoms with Gasteiger partial charge in [-0.05, 0) is 122 Å². The third-order valence-corrected chi connectivity index (χ3v) is 14.2. The molecule has 9 heteroatoms. The standard InChI is InChI=1S/C71H119N2O6P/c1-6-8-10-12-14-16-18-20-22-24-25-26-27-28-29-30-31-32-33-34-35-36-37-38-39-40-41-42-43-44-45-46-47-49-51-53-55-57-59-61-63-65-71(75)72-69(68-79-80(76,77)78-67-66-73(3,4)5)70(74)64-62-60-58-56-54-52-50-48-23-21-19-17-15-13-11-9-7-2/h8,10,14,16,20,22-23,25-26,28-29,31-32,34-35,37-38,40-41,43-44,48,54,56,62,64,69-70,74H,6-7,9,11-13,15,17-19,21,24,27,30,33,36,39,42,45-47,49-53,55,57-61,63,65-68H2,1-5H3,(H-,72,75,76,77)/p+1/b10-8-,16-14-,22-20-,26-25-,29-28-,32-31-,35-34-,38-37-,41-40-,44-43-,48-23+,56-54+,64-62+. The van der Waals surface area contributed by atoms with Crippen LogP contribution in [0.25, 0.3) is 0 Å². The van der Waals surface area contributed by atoms with Crippen molar-refractivity contribution in [3.8, 4) is 0 Å². The molecule has 0 aliphatic carbocycles. The molecular weight excluding hydrogens is 1010 g/mol. The Bertz CT molecular complexity index is 1860. The second-order valence-corrected chi connectivity index (χ2v) is 23.5. The molecule has 0 aliphatic heterocycles. The summed E-state index contributed by atoms with van der Waals surface area (Å²) in [7, 11) is 1.52. The fraction of sp³-hybridized carbons (Fsp3) is 0.620. The highest BCUT2D eigenvalue weighted by molar-refractivity contribution is 7.47. The number of aliphatic hydroxyl groups excluding tert-OH is 1. The van der Waals surface area contributed by atoms with Crippen LogP contribution < -0.4 is 5.32 Å². The first-order chi connectivity index (χ1) is 39.0. The molecule has 3 N–H and O–H groups in total. The van der Waals surface area contributed by atoms with E-state index in [1.165, 1.54) is 96.3 Å². The van der Waals surface area contributed by atoms with Gasteiger partial charge in [-0.2, -0.15) is 0 Å². The maximum absolute atomic E-state index is 13.0. The molecule has 0 aromatic rings. The second kappa shape index (κ2) is 59.7. The number of carbonyl (C=O) groups excluding carboxylic acids is 1. The summed E-state index contributed by atoms with van der Waals surface area (Å²) in [6.07, 6.45) is 93.6. The molecule has 0 bridgehead atoms. The maximum Gasteiger partial charge on any atom is 0.472 e. The third kappa shape index (κ3) is 61.7. The van der Waals surface area contributed by atoms with Crippen LogP contribution in [0.2, 0.25) is 0 Å². The molecule has 0 fully saturated rings. The van der Waals surface area contributed by atoms with Gasteiger partial charge in [0.05, 0.1) is 39.9 Å². The highest BCUT2D eigenvalue weighted by Crippen LogP contribution is 2.43. The van der Waals surface area contributed by atoms with Crippen LogP contribution in [0, 0.1) is 0 Å². The molecule has 0 saturated heterocycles. The minimum Gasteiger partial charge on any atom is -0.387 e. The van der Waals surface area contributed by atoms with Gasteiger partial charge in [-0.3, -0.25) is 13.8 Å². The van der Waals surface area contributed by atoms with Crippen molar-refractivity contribution < 1.29 is 32.9 Å². The van der Waals surface area contributed by atoms with Crippen molar-refractivity contribution in [2.75, 3.05) is 40.9 Å². The van der Waals surface area contributed by atoms with Crippen LogP contribution in [0.4, 0.5) is 0 Å². The summed E-state index contributed by atoms with van der Waals surface area (Å²) in [5.41, 5.74) is 0. The summed E-state index contributed by atoms with van der Waals surface area (Å²) in [5, 5.41) is 13.9. The van der Waals surface area contributed by atoms with E-state index in [0.717, 1.165) is 116 Å². The Hall–Kier alpha value is -3.88. The molecule has 0 aromatic carbocycles. The van der Waals surface area contributed by atoms with E-state index in [1.807, 2.05) is 27.2 Å². The van der Waals surface area contributed by atoms with Crippen LogP contribution in [0.3, 0.4) is 0 Å². The lowest BCUT2D eigenvalue weighted by atomic mass is 10.0. The third-order valence-electron chi connectivity index (χ3n) is 13.2. The number of likely N-dealkylation sites (N-methyl/N-ethyl adjacent to an activating group) is 1. The van der Waals surface area contributed by atoms with Gasteiger partial charge in [0.25, 0.3) is 0 Å². The molecule has 0 rings (SSSR count). The molecule has 3 unspecified atom stereocenters. The Morgan fingerprint density at radius 2 is 0.762 bits per heavy atom. The number of carbonyl (C=O) groups is 1. The Kier molecular flexibility index (Phi) is 56.8. The lowest BCUT2D eigenvalue weighted by Crippen LogP contribution is -2.45. The fourth-order valence-electron chi connectivity index (χ4n) is 8.28. The topological polar surface area (TPSA) is 105 Å². The number of allylic oxidation sites excluding steroid dienone is 25. The number of unbranched alkanes of at least 4 members (excludes halogenated alkanes) is 19. The van der Waals surface area contributed by atoms with Gasteiger partial charge in [0, 0.05) is 6.42 Å². The number of quaternary nitrogens is 1. The van der Waals surface area contributed by atoms with Gasteiger partial charge >= 0.3 is 7.82 Å². The van der Waals surface area contributed by atoms with E-state index in [4.69, 9.17) is 9.05 Å². The SMILES string of the molecule is CC/C=C\C/C=C\C/C=C\C/C=C\C/C=C\C/C=C\C/C=C\C/C=C\C/C=C\C/C=C\CCCCCCCCCCCCC(=O)NC(COP(=O)(O)OCC[N+](C)(C)C)C(O)/C=C/CC/C=C/CC/C=C/CCCCCCCCC. The summed E-state index contributed by atoms with van der Waals surface area (Å²) in [4.78, 5) is 23.3. The normalized spacial score (nSPS) is 14.8. The lowest BCUT2D eigenvalue weighted by molar-refractivity contribution is -0.870. The summed E-state index contributed by atoms with van der Waals surface area (Å²) in [6, 6.07) is -0.883. The van der Waals surface area contributed by atoms with E-state index >= 15 is 0 Å². The Labute approximate surface area is 492 Å². The minimum absolute atomic E-state index is 0.0452. The van der Waals surface area contributed by atoms with E-state index in [9.17, 15) is 19.4 Å². The van der Waals surface area contributed by atoms with Crippen molar-refractivity contribution in [3.05, 3.63) is 158 Å². The summed E-state index contributed by atoms with van der Waals surface area (Å²) >= 11 is 0. The molecular formula is C71H120N2O6P+. The zero-order chi connectivity index (χ0) is 58.4. The average Bonchev–Trinajstić information content (AvgIpc) is 3.42. The molecule has 0 saturated carbocycles. The molecule has 0 radical (unpaired) electrons. The van der Waals surface area contributed by atoms with E-state index in [-0.39, 0.29) is 19.1 Å². The number of phosphoric acid groups is 1. The number of phosphoric ester groups is 1. The van der Waals surface area contributed by atoms with Gasteiger partial charge in [-0.25, -0.2) is 4.57 Å². The predicted molar refractivity (Wildman–Crippen MR) is 350 cm³/mol. The Balaban J connectivity index is 4.16. The second-order valence-electron chi connectivity index (χ2n) is 22.0. The van der Waals surface area contributed by atoms with Crippen molar-refractivity contribution in [2.24, 2.45) is 0 Å². The first-order valence-electron chi connectivity index (χ1n) is 31.9. The zero-order valence-corrected chi connectivity index (χ0v) is 52.6. The van der Waals surface area contributed by atoms with Crippen LogP contribution in [0.15, 0.2) is 158 Å². The highest BCUT2D eigenvalue weighted by Gasteiger charge is 2.27. The molecule has 1 amide bonds. The number of hydrogen-bond donors (Lipinski definition) is 3. The summed E-state index contributed by atoms with van der Waals surface area (Å²) in [6.45, 7) is 4.65. The van der Waals surface area contributed by atoms with Crippen molar-refractivity contribution >= 4 is 13.7 Å². The Morgan fingerprint density at radius 1 is 0.438 bits per heavy atom. The van der Waals surface area contributed by atoms with Crippen molar-refractivity contribution in [1.82, 2.24) is 5.32 Å².